The minimum absolute atomic E-state index is 0.0446. The van der Waals surface area contributed by atoms with Gasteiger partial charge in [-0.25, -0.2) is 13.1 Å². The fraction of sp³-hybridized carbons (Fsp3) is 0.350. The molecule has 2 aromatic carbocycles. The van der Waals surface area contributed by atoms with Gasteiger partial charge in [-0.2, -0.15) is 0 Å². The lowest BCUT2D eigenvalue weighted by molar-refractivity contribution is 0.0963. The van der Waals surface area contributed by atoms with Gasteiger partial charge in [0.2, 0.25) is 10.0 Å². The molecule has 0 saturated heterocycles. The van der Waals surface area contributed by atoms with Crippen molar-refractivity contribution in [2.75, 3.05) is 27.3 Å². The quantitative estimate of drug-likeness (QED) is 0.591. The van der Waals surface area contributed by atoms with Crippen LogP contribution in [0.5, 0.6) is 11.5 Å². The van der Waals surface area contributed by atoms with Crippen molar-refractivity contribution in [3.05, 3.63) is 53.6 Å². The molecule has 0 aromatic heterocycles. The molecule has 1 amide bonds. The number of benzene rings is 2. The summed E-state index contributed by atoms with van der Waals surface area (Å²) in [5, 5.41) is 2.49. The fourth-order valence-electron chi connectivity index (χ4n) is 2.68. The third-order valence-corrected chi connectivity index (χ3v) is 5.57. The number of methoxy groups -OCH3 is 1. The van der Waals surface area contributed by atoms with E-state index in [1.54, 1.807) is 14.0 Å². The number of amides is 1. The Morgan fingerprint density at radius 1 is 1.14 bits per heavy atom. The first kappa shape index (κ1) is 21.7. The second-order valence-electron chi connectivity index (χ2n) is 6.03. The summed E-state index contributed by atoms with van der Waals surface area (Å²) in [7, 11) is -0.727. The number of nitrogens with one attached hydrogen (secondary N) is 2. The van der Waals surface area contributed by atoms with Crippen LogP contribution in [0.15, 0.2) is 47.4 Å². The maximum absolute atomic E-state index is 12.8. The number of hydrogen-bond donors (Lipinski definition) is 2. The number of carbonyl (C=O) groups is 1. The average molecular weight is 407 g/mol. The van der Waals surface area contributed by atoms with Gasteiger partial charge in [0, 0.05) is 19.2 Å². The highest BCUT2D eigenvalue weighted by atomic mass is 32.2. The molecular formula is C20H26N2O5S. The van der Waals surface area contributed by atoms with Crippen molar-refractivity contribution < 1.29 is 22.7 Å². The lowest BCUT2D eigenvalue weighted by Crippen LogP contribution is -2.26. The Morgan fingerprint density at radius 3 is 2.61 bits per heavy atom. The summed E-state index contributed by atoms with van der Waals surface area (Å²) in [6.45, 7) is 2.34. The average Bonchev–Trinajstić information content (AvgIpc) is 2.71. The number of rotatable bonds is 10. The Labute approximate surface area is 166 Å². The Hall–Kier alpha value is -2.58. The molecule has 7 nitrogen and oxygen atoms in total. The molecule has 0 aliphatic rings. The summed E-state index contributed by atoms with van der Waals surface area (Å²) >= 11 is 0. The summed E-state index contributed by atoms with van der Waals surface area (Å²) in [5.41, 5.74) is 1.32. The molecule has 0 fully saturated rings. The third-order valence-electron chi connectivity index (χ3n) is 4.09. The molecule has 2 rings (SSSR count). The van der Waals surface area contributed by atoms with Gasteiger partial charge in [-0.1, -0.05) is 12.1 Å². The van der Waals surface area contributed by atoms with Crippen LogP contribution < -0.4 is 19.5 Å². The minimum atomic E-state index is -3.82. The monoisotopic (exact) mass is 406 g/mol. The van der Waals surface area contributed by atoms with Gasteiger partial charge < -0.3 is 14.8 Å². The molecule has 0 spiro atoms. The van der Waals surface area contributed by atoms with Gasteiger partial charge in [0.25, 0.3) is 5.91 Å². The Balaban J connectivity index is 2.09. The molecule has 2 aromatic rings. The fourth-order valence-corrected chi connectivity index (χ4v) is 3.93. The maximum Gasteiger partial charge on any atom is 0.251 e. The molecule has 0 saturated carbocycles. The Bertz CT molecular complexity index is 913. The van der Waals surface area contributed by atoms with Crippen LogP contribution in [0.4, 0.5) is 0 Å². The molecule has 0 radical (unpaired) electrons. The summed E-state index contributed by atoms with van der Waals surface area (Å²) < 4.78 is 38.7. The number of aryl methyl sites for hydroxylation is 1. The third kappa shape index (κ3) is 5.71. The normalized spacial score (nSPS) is 11.1. The van der Waals surface area contributed by atoms with Gasteiger partial charge in [0.1, 0.15) is 16.4 Å². The number of ether oxygens (including phenoxy) is 2. The van der Waals surface area contributed by atoms with Crippen molar-refractivity contribution in [2.45, 2.75) is 24.7 Å². The van der Waals surface area contributed by atoms with Crippen LogP contribution in [0.25, 0.3) is 0 Å². The van der Waals surface area contributed by atoms with Crippen LogP contribution in [-0.4, -0.2) is 41.6 Å². The zero-order valence-electron chi connectivity index (χ0n) is 16.3. The highest BCUT2D eigenvalue weighted by Gasteiger charge is 2.21. The second-order valence-corrected chi connectivity index (χ2v) is 7.76. The van der Waals surface area contributed by atoms with Gasteiger partial charge in [0.05, 0.1) is 13.7 Å². The summed E-state index contributed by atoms with van der Waals surface area (Å²) in [6, 6.07) is 12.0. The van der Waals surface area contributed by atoms with Crippen LogP contribution in [-0.2, 0) is 16.4 Å². The van der Waals surface area contributed by atoms with E-state index in [0.29, 0.717) is 19.4 Å². The van der Waals surface area contributed by atoms with Crippen molar-refractivity contribution in [1.82, 2.24) is 10.0 Å². The van der Waals surface area contributed by atoms with E-state index in [4.69, 9.17) is 9.47 Å². The Kier molecular flexibility index (Phi) is 7.83. The zero-order valence-corrected chi connectivity index (χ0v) is 17.1. The standard InChI is InChI=1S/C20H26N2O5S/c1-4-27-18-11-10-16(20(23)21-2)14-19(18)28(24,25)22-12-6-8-15-7-5-9-17(13-15)26-3/h5,7,9-11,13-14,22H,4,6,8,12H2,1-3H3,(H,21,23). The van der Waals surface area contributed by atoms with E-state index >= 15 is 0 Å². The van der Waals surface area contributed by atoms with Crippen molar-refractivity contribution in [2.24, 2.45) is 0 Å². The number of carbonyl (C=O) groups excluding carboxylic acids is 1. The molecule has 0 unspecified atom stereocenters. The lowest BCUT2D eigenvalue weighted by Gasteiger charge is -2.13. The molecule has 152 valence electrons. The first-order valence-corrected chi connectivity index (χ1v) is 10.5. The molecule has 0 aliphatic heterocycles. The predicted octanol–water partition coefficient (Wildman–Crippen LogP) is 2.36. The predicted molar refractivity (Wildman–Crippen MR) is 108 cm³/mol. The summed E-state index contributed by atoms with van der Waals surface area (Å²) in [5.74, 6) is 0.624. The zero-order chi connectivity index (χ0) is 20.6. The summed E-state index contributed by atoms with van der Waals surface area (Å²) in [4.78, 5) is 11.8. The van der Waals surface area contributed by atoms with Gasteiger partial charge in [-0.3, -0.25) is 4.79 Å². The van der Waals surface area contributed by atoms with Gasteiger partial charge >= 0.3 is 0 Å². The van der Waals surface area contributed by atoms with E-state index in [-0.39, 0.29) is 28.7 Å². The molecule has 0 aliphatic carbocycles. The van der Waals surface area contributed by atoms with Gasteiger partial charge in [0.15, 0.2) is 0 Å². The van der Waals surface area contributed by atoms with E-state index in [9.17, 15) is 13.2 Å². The van der Waals surface area contributed by atoms with E-state index in [2.05, 4.69) is 10.0 Å². The Morgan fingerprint density at radius 2 is 1.93 bits per heavy atom. The van der Waals surface area contributed by atoms with Crippen LogP contribution >= 0.6 is 0 Å². The van der Waals surface area contributed by atoms with Crippen molar-refractivity contribution >= 4 is 15.9 Å². The second kappa shape index (κ2) is 10.1. The lowest BCUT2D eigenvalue weighted by atomic mass is 10.1. The SMILES string of the molecule is CCOc1ccc(C(=O)NC)cc1S(=O)(=O)NCCCc1cccc(OC)c1. The number of hydrogen-bond acceptors (Lipinski definition) is 5. The molecular weight excluding hydrogens is 380 g/mol. The maximum atomic E-state index is 12.8. The van der Waals surface area contributed by atoms with E-state index in [1.807, 2.05) is 24.3 Å². The van der Waals surface area contributed by atoms with Gasteiger partial charge in [-0.05, 0) is 55.7 Å². The van der Waals surface area contributed by atoms with Crippen LogP contribution in [0.1, 0.15) is 29.3 Å². The molecule has 2 N–H and O–H groups in total. The van der Waals surface area contributed by atoms with Crippen molar-refractivity contribution in [3.8, 4) is 11.5 Å². The topological polar surface area (TPSA) is 93.7 Å². The highest BCUT2D eigenvalue weighted by Crippen LogP contribution is 2.25. The van der Waals surface area contributed by atoms with Crippen LogP contribution in [0.2, 0.25) is 0 Å². The van der Waals surface area contributed by atoms with E-state index in [0.717, 1.165) is 11.3 Å². The van der Waals surface area contributed by atoms with Gasteiger partial charge in [-0.15, -0.1) is 0 Å². The number of sulfonamides is 1. The molecule has 0 heterocycles. The largest absolute Gasteiger partial charge is 0.497 e. The first-order chi connectivity index (χ1) is 13.4. The van der Waals surface area contributed by atoms with E-state index < -0.39 is 10.0 Å². The minimum Gasteiger partial charge on any atom is -0.497 e. The molecule has 0 atom stereocenters. The first-order valence-electron chi connectivity index (χ1n) is 9.02. The highest BCUT2D eigenvalue weighted by molar-refractivity contribution is 7.89. The van der Waals surface area contributed by atoms with Crippen molar-refractivity contribution in [1.29, 1.82) is 0 Å². The molecule has 0 bridgehead atoms. The van der Waals surface area contributed by atoms with Crippen LogP contribution in [0, 0.1) is 0 Å². The van der Waals surface area contributed by atoms with E-state index in [1.165, 1.54) is 25.2 Å². The molecule has 8 heteroatoms. The molecule has 28 heavy (non-hydrogen) atoms. The van der Waals surface area contributed by atoms with Crippen molar-refractivity contribution in [3.63, 3.8) is 0 Å². The summed E-state index contributed by atoms with van der Waals surface area (Å²) in [6.07, 6.45) is 1.32. The smallest absolute Gasteiger partial charge is 0.251 e. The van der Waals surface area contributed by atoms with Crippen LogP contribution in [0.3, 0.4) is 0 Å².